The molecule has 0 saturated carbocycles. The van der Waals surface area contributed by atoms with Gasteiger partial charge in [0.15, 0.2) is 0 Å². The van der Waals surface area contributed by atoms with Crippen LogP contribution in [0.3, 0.4) is 0 Å². The highest BCUT2D eigenvalue weighted by molar-refractivity contribution is 5.54. The van der Waals surface area contributed by atoms with Gasteiger partial charge >= 0.3 is 6.43 Å². The summed E-state index contributed by atoms with van der Waals surface area (Å²) in [6, 6.07) is 15.5. The molecule has 8 nitrogen and oxygen atoms in total. The molecule has 10 heteroatoms. The molecule has 0 unspecified atom stereocenters. The van der Waals surface area contributed by atoms with Crippen LogP contribution in [0.25, 0.3) is 22.8 Å². The zero-order chi connectivity index (χ0) is 22.6. The smallest absolute Gasteiger partial charge is 0.314 e. The third-order valence-electron chi connectivity index (χ3n) is 5.67. The van der Waals surface area contributed by atoms with Crippen molar-refractivity contribution < 1.29 is 13.2 Å². The molecule has 0 aliphatic carbocycles. The third kappa shape index (κ3) is 5.11. The van der Waals surface area contributed by atoms with E-state index in [1.54, 1.807) is 12.1 Å². The second-order valence-electron chi connectivity index (χ2n) is 8.12. The lowest BCUT2D eigenvalue weighted by Gasteiger charge is -2.26. The molecule has 2 aromatic carbocycles. The topological polar surface area (TPSA) is 85.8 Å². The number of nitrogens with zero attached hydrogens (tertiary/aromatic N) is 7. The minimum Gasteiger partial charge on any atom is -0.415 e. The highest BCUT2D eigenvalue weighted by Crippen LogP contribution is 2.23. The third-order valence-corrected chi connectivity index (χ3v) is 5.67. The van der Waals surface area contributed by atoms with E-state index in [4.69, 9.17) is 4.42 Å². The largest absolute Gasteiger partial charge is 0.415 e. The molecule has 1 saturated heterocycles. The molecule has 0 spiro atoms. The van der Waals surface area contributed by atoms with Gasteiger partial charge in [-0.1, -0.05) is 42.8 Å². The van der Waals surface area contributed by atoms with E-state index in [0.29, 0.717) is 17.9 Å². The van der Waals surface area contributed by atoms with Gasteiger partial charge in [0.25, 0.3) is 5.89 Å². The number of rotatable bonds is 7. The first-order chi connectivity index (χ1) is 16.1. The molecule has 4 aromatic rings. The Morgan fingerprint density at radius 2 is 1.45 bits per heavy atom. The van der Waals surface area contributed by atoms with Crippen molar-refractivity contribution in [2.45, 2.75) is 38.8 Å². The summed E-state index contributed by atoms with van der Waals surface area (Å²) < 4.78 is 30.2. The average molecular weight is 451 g/mol. The molecule has 2 aromatic heterocycles. The van der Waals surface area contributed by atoms with Crippen LogP contribution in [0.15, 0.2) is 52.9 Å². The van der Waals surface area contributed by atoms with Crippen molar-refractivity contribution in [2.24, 2.45) is 0 Å². The summed E-state index contributed by atoms with van der Waals surface area (Å²) in [5.41, 5.74) is 3.70. The van der Waals surface area contributed by atoms with Gasteiger partial charge in [0, 0.05) is 17.7 Å². The van der Waals surface area contributed by atoms with Crippen molar-refractivity contribution in [3.05, 3.63) is 65.5 Å². The van der Waals surface area contributed by atoms with Gasteiger partial charge in [-0.25, -0.2) is 0 Å². The maximum Gasteiger partial charge on any atom is 0.314 e. The van der Waals surface area contributed by atoms with Gasteiger partial charge in [-0.3, -0.25) is 4.90 Å². The predicted molar refractivity (Wildman–Crippen MR) is 116 cm³/mol. The van der Waals surface area contributed by atoms with Gasteiger partial charge in [-0.05, 0) is 54.4 Å². The van der Waals surface area contributed by atoms with E-state index in [1.807, 2.05) is 24.3 Å². The molecule has 3 heterocycles. The Bertz CT molecular complexity index is 1180. The number of benzene rings is 2. The fourth-order valence-electron chi connectivity index (χ4n) is 3.92. The van der Waals surface area contributed by atoms with Gasteiger partial charge in [-0.2, -0.15) is 13.6 Å². The number of aromatic nitrogens is 6. The monoisotopic (exact) mass is 451 g/mol. The standard InChI is InChI=1S/C23H23F2N7O/c24-20(25)23-28-27-22(33-23)19-10-6-17(7-11-19)15-32-29-21(26-30-32)18-8-4-16(5-9-18)14-31-12-2-1-3-13-31/h4-11,20H,1-3,12-15H2. The molecule has 5 rings (SSSR count). The number of halogens is 2. The number of likely N-dealkylation sites (tertiary alicyclic amines) is 1. The van der Waals surface area contributed by atoms with Gasteiger partial charge < -0.3 is 4.42 Å². The van der Waals surface area contributed by atoms with E-state index < -0.39 is 12.3 Å². The molecule has 170 valence electrons. The molecule has 1 aliphatic rings. The Balaban J connectivity index is 1.21. The minimum absolute atomic E-state index is 0.0572. The number of hydrogen-bond acceptors (Lipinski definition) is 7. The van der Waals surface area contributed by atoms with Crippen molar-refractivity contribution in [1.82, 2.24) is 35.3 Å². The van der Waals surface area contributed by atoms with E-state index in [2.05, 4.69) is 42.6 Å². The van der Waals surface area contributed by atoms with E-state index >= 15 is 0 Å². The maximum atomic E-state index is 12.6. The zero-order valence-corrected chi connectivity index (χ0v) is 17.9. The molecule has 1 fully saturated rings. The molecule has 0 atom stereocenters. The SMILES string of the molecule is FC(F)c1nnc(-c2ccc(Cn3nnc(-c4ccc(CN5CCCCC5)cc4)n3)cc2)o1. The second kappa shape index (κ2) is 9.53. The van der Waals surface area contributed by atoms with Crippen LogP contribution in [0, 0.1) is 0 Å². The van der Waals surface area contributed by atoms with Crippen molar-refractivity contribution in [3.63, 3.8) is 0 Å². The fourth-order valence-corrected chi connectivity index (χ4v) is 3.92. The number of piperidine rings is 1. The van der Waals surface area contributed by atoms with Crippen LogP contribution in [0.2, 0.25) is 0 Å². The zero-order valence-electron chi connectivity index (χ0n) is 17.9. The van der Waals surface area contributed by atoms with Gasteiger partial charge in [-0.15, -0.1) is 20.4 Å². The molecule has 0 N–H and O–H groups in total. The van der Waals surface area contributed by atoms with E-state index in [9.17, 15) is 8.78 Å². The lowest BCUT2D eigenvalue weighted by Crippen LogP contribution is -2.28. The number of alkyl halides is 2. The Morgan fingerprint density at radius 1 is 0.788 bits per heavy atom. The summed E-state index contributed by atoms with van der Waals surface area (Å²) in [6.07, 6.45) is 1.11. The molecular formula is C23H23F2N7O. The van der Waals surface area contributed by atoms with Gasteiger partial charge in [0.2, 0.25) is 11.7 Å². The van der Waals surface area contributed by atoms with Gasteiger partial charge in [0.05, 0.1) is 6.54 Å². The highest BCUT2D eigenvalue weighted by atomic mass is 19.3. The molecule has 33 heavy (non-hydrogen) atoms. The maximum absolute atomic E-state index is 12.6. The molecule has 1 aliphatic heterocycles. The minimum atomic E-state index is -2.79. The summed E-state index contributed by atoms with van der Waals surface area (Å²) in [7, 11) is 0. The Labute approximate surface area is 189 Å². The van der Waals surface area contributed by atoms with Gasteiger partial charge in [0.1, 0.15) is 0 Å². The Hall–Kier alpha value is -3.53. The lowest BCUT2D eigenvalue weighted by atomic mass is 10.1. The second-order valence-corrected chi connectivity index (χ2v) is 8.12. The van der Waals surface area contributed by atoms with E-state index in [-0.39, 0.29) is 5.89 Å². The van der Waals surface area contributed by atoms with Crippen LogP contribution < -0.4 is 0 Å². The summed E-state index contributed by atoms with van der Waals surface area (Å²) in [5.74, 6) is -0.0590. The van der Waals surface area contributed by atoms with Crippen molar-refractivity contribution in [3.8, 4) is 22.8 Å². The summed E-state index contributed by atoms with van der Waals surface area (Å²) in [6.45, 7) is 3.74. The van der Waals surface area contributed by atoms with Crippen LogP contribution >= 0.6 is 0 Å². The van der Waals surface area contributed by atoms with Crippen LogP contribution in [-0.4, -0.2) is 48.4 Å². The first-order valence-corrected chi connectivity index (χ1v) is 10.9. The number of tetrazole rings is 1. The van der Waals surface area contributed by atoms with E-state index in [0.717, 1.165) is 17.7 Å². The summed E-state index contributed by atoms with van der Waals surface area (Å²) >= 11 is 0. The van der Waals surface area contributed by atoms with E-state index in [1.165, 1.54) is 42.7 Å². The van der Waals surface area contributed by atoms with Crippen LogP contribution in [0.1, 0.15) is 42.7 Å². The van der Waals surface area contributed by atoms with Crippen molar-refractivity contribution >= 4 is 0 Å². The lowest BCUT2D eigenvalue weighted by molar-refractivity contribution is 0.116. The predicted octanol–water partition coefficient (Wildman–Crippen LogP) is 4.36. The summed E-state index contributed by atoms with van der Waals surface area (Å²) in [5, 5.41) is 19.8. The first kappa shape index (κ1) is 21.3. The van der Waals surface area contributed by atoms with Crippen LogP contribution in [-0.2, 0) is 13.1 Å². The summed E-state index contributed by atoms with van der Waals surface area (Å²) in [4.78, 5) is 4.02. The fraction of sp³-hybridized carbons (Fsp3) is 0.348. The molecule has 0 radical (unpaired) electrons. The average Bonchev–Trinajstić information content (AvgIpc) is 3.51. The van der Waals surface area contributed by atoms with Crippen LogP contribution in [0.5, 0.6) is 0 Å². The quantitative estimate of drug-likeness (QED) is 0.413. The van der Waals surface area contributed by atoms with Crippen molar-refractivity contribution in [2.75, 3.05) is 13.1 Å². The van der Waals surface area contributed by atoms with Crippen molar-refractivity contribution in [1.29, 1.82) is 0 Å². The molecular weight excluding hydrogens is 428 g/mol. The highest BCUT2D eigenvalue weighted by Gasteiger charge is 2.17. The molecule has 0 bridgehead atoms. The first-order valence-electron chi connectivity index (χ1n) is 10.9. The van der Waals surface area contributed by atoms with Crippen LogP contribution in [0.4, 0.5) is 8.78 Å². The number of hydrogen-bond donors (Lipinski definition) is 0. The molecule has 0 amide bonds. The normalized spacial score (nSPS) is 14.8. The Kier molecular flexibility index (Phi) is 6.16. The Morgan fingerprint density at radius 3 is 2.12 bits per heavy atom.